The molecule has 1 aliphatic carbocycles. The molecule has 1 aliphatic heterocycles. The van der Waals surface area contributed by atoms with Gasteiger partial charge >= 0.3 is 0 Å². The third-order valence-corrected chi connectivity index (χ3v) is 5.04. The van der Waals surface area contributed by atoms with Gasteiger partial charge in [0.05, 0.1) is 28.7 Å². The first-order valence-corrected chi connectivity index (χ1v) is 7.55. The molecular weight excluding hydrogens is 299 g/mol. The topological polar surface area (TPSA) is 35.5 Å². The molecule has 1 unspecified atom stereocenters. The van der Waals surface area contributed by atoms with Crippen LogP contribution in [-0.4, -0.2) is 25.3 Å². The summed E-state index contributed by atoms with van der Waals surface area (Å²) in [5.74, 6) is -0.606. The fourth-order valence-electron chi connectivity index (χ4n) is 3.29. The van der Waals surface area contributed by atoms with E-state index in [1.54, 1.807) is 12.1 Å². The predicted molar refractivity (Wildman–Crippen MR) is 77.3 cm³/mol. The van der Waals surface area contributed by atoms with Gasteiger partial charge in [-0.05, 0) is 30.5 Å². The molecule has 1 aromatic rings. The lowest BCUT2D eigenvalue weighted by Crippen LogP contribution is -2.45. The summed E-state index contributed by atoms with van der Waals surface area (Å²) in [5.41, 5.74) is 0.289. The quantitative estimate of drug-likeness (QED) is 0.780. The van der Waals surface area contributed by atoms with Crippen molar-refractivity contribution < 1.29 is 14.3 Å². The van der Waals surface area contributed by atoms with Gasteiger partial charge in [-0.3, -0.25) is 0 Å². The van der Waals surface area contributed by atoms with Crippen molar-refractivity contribution in [1.82, 2.24) is 0 Å². The van der Waals surface area contributed by atoms with Crippen LogP contribution < -0.4 is 0 Å². The smallest absolute Gasteiger partial charge is 0.169 e. The maximum absolute atomic E-state index is 11.8. The Bertz CT molecular complexity index is 526. The highest BCUT2D eigenvalue weighted by atomic mass is 35.5. The van der Waals surface area contributed by atoms with E-state index in [0.717, 1.165) is 31.1 Å². The number of ether oxygens (including phenoxy) is 2. The Labute approximate surface area is 128 Å². The van der Waals surface area contributed by atoms with E-state index >= 15 is 0 Å². The highest BCUT2D eigenvalue weighted by Crippen LogP contribution is 2.47. The van der Waals surface area contributed by atoms with E-state index in [2.05, 4.69) is 0 Å². The minimum absolute atomic E-state index is 0.471. The molecular formula is C15H16Cl2O3. The van der Waals surface area contributed by atoms with Crippen molar-refractivity contribution in [1.29, 1.82) is 0 Å². The zero-order chi connectivity index (χ0) is 14.2. The van der Waals surface area contributed by atoms with E-state index in [1.165, 1.54) is 0 Å². The first-order chi connectivity index (χ1) is 9.59. The van der Waals surface area contributed by atoms with E-state index in [-0.39, 0.29) is 0 Å². The highest BCUT2D eigenvalue weighted by molar-refractivity contribution is 6.42. The van der Waals surface area contributed by atoms with Crippen molar-refractivity contribution in [2.75, 3.05) is 13.2 Å². The average molecular weight is 315 g/mol. The number of aldehydes is 1. The maximum atomic E-state index is 11.8. The van der Waals surface area contributed by atoms with E-state index in [9.17, 15) is 4.79 Å². The summed E-state index contributed by atoms with van der Waals surface area (Å²) < 4.78 is 11.5. The number of carbonyl (C=O) groups is 1. The third kappa shape index (κ3) is 2.37. The lowest BCUT2D eigenvalue weighted by Gasteiger charge is -2.42. The van der Waals surface area contributed by atoms with Crippen molar-refractivity contribution in [2.45, 2.75) is 36.9 Å². The van der Waals surface area contributed by atoms with Crippen LogP contribution in [0.2, 0.25) is 10.0 Å². The monoisotopic (exact) mass is 314 g/mol. The van der Waals surface area contributed by atoms with Gasteiger partial charge in [-0.2, -0.15) is 0 Å². The van der Waals surface area contributed by atoms with Crippen molar-refractivity contribution >= 4 is 29.5 Å². The summed E-state index contributed by atoms with van der Waals surface area (Å²) in [6.45, 7) is 1.19. The second-order valence-electron chi connectivity index (χ2n) is 5.54. The van der Waals surface area contributed by atoms with Crippen LogP contribution in [0.5, 0.6) is 0 Å². The first-order valence-electron chi connectivity index (χ1n) is 6.79. The second-order valence-corrected chi connectivity index (χ2v) is 6.36. The summed E-state index contributed by atoms with van der Waals surface area (Å²) in [7, 11) is 0. The van der Waals surface area contributed by atoms with Gasteiger partial charge in [0, 0.05) is 12.8 Å². The Kier molecular flexibility index (Phi) is 3.80. The Hall–Kier alpha value is -0.610. The van der Waals surface area contributed by atoms with Crippen LogP contribution in [-0.2, 0) is 19.7 Å². The zero-order valence-corrected chi connectivity index (χ0v) is 12.5. The summed E-state index contributed by atoms with van der Waals surface area (Å²) in [5, 5.41) is 0.966. The molecule has 0 radical (unpaired) electrons. The summed E-state index contributed by atoms with van der Waals surface area (Å²) >= 11 is 12.1. The molecule has 1 aromatic carbocycles. The fourth-order valence-corrected chi connectivity index (χ4v) is 3.59. The van der Waals surface area contributed by atoms with Gasteiger partial charge in [0.25, 0.3) is 0 Å². The first kappa shape index (κ1) is 14.3. The summed E-state index contributed by atoms with van der Waals surface area (Å²) in [4.78, 5) is 11.8. The summed E-state index contributed by atoms with van der Waals surface area (Å²) in [6.07, 6.45) is 4.06. The van der Waals surface area contributed by atoms with Crippen molar-refractivity contribution in [2.24, 2.45) is 0 Å². The third-order valence-electron chi connectivity index (χ3n) is 4.30. The zero-order valence-electron chi connectivity index (χ0n) is 11.0. The minimum atomic E-state index is -0.606. The molecule has 2 aliphatic rings. The van der Waals surface area contributed by atoms with Gasteiger partial charge in [0.2, 0.25) is 0 Å². The molecule has 1 saturated heterocycles. The maximum Gasteiger partial charge on any atom is 0.169 e. The van der Waals surface area contributed by atoms with Crippen molar-refractivity contribution in [3.63, 3.8) is 0 Å². The largest absolute Gasteiger partial charge is 0.347 e. The van der Waals surface area contributed by atoms with Crippen LogP contribution in [0.4, 0.5) is 0 Å². The number of hydrogen-bond acceptors (Lipinski definition) is 3. The van der Waals surface area contributed by atoms with Gasteiger partial charge in [-0.1, -0.05) is 29.3 Å². The molecule has 108 valence electrons. The van der Waals surface area contributed by atoms with Crippen LogP contribution in [0.1, 0.15) is 31.2 Å². The molecule has 1 saturated carbocycles. The normalized spacial score (nSPS) is 28.7. The minimum Gasteiger partial charge on any atom is -0.347 e. The summed E-state index contributed by atoms with van der Waals surface area (Å²) in [6, 6.07) is 5.39. The van der Waals surface area contributed by atoms with E-state index in [1.807, 2.05) is 6.07 Å². The molecule has 0 bridgehead atoms. The standard InChI is InChI=1S/C15H16Cl2O3/c16-12-3-2-11(8-13(12)17)14(10-18)4-1-5-15(9-14)19-6-7-20-15/h2-3,8,10H,1,4-7,9H2. The molecule has 3 nitrogen and oxygen atoms in total. The number of carbonyl (C=O) groups excluding carboxylic acids is 1. The van der Waals surface area contributed by atoms with Gasteiger partial charge in [-0.25, -0.2) is 0 Å². The lowest BCUT2D eigenvalue weighted by atomic mass is 9.68. The number of hydrogen-bond donors (Lipinski definition) is 0. The fraction of sp³-hybridized carbons (Fsp3) is 0.533. The molecule has 20 heavy (non-hydrogen) atoms. The number of benzene rings is 1. The van der Waals surface area contributed by atoms with Gasteiger partial charge in [-0.15, -0.1) is 0 Å². The van der Waals surface area contributed by atoms with Crippen LogP contribution in [0, 0.1) is 0 Å². The molecule has 5 heteroatoms. The number of rotatable bonds is 2. The highest BCUT2D eigenvalue weighted by Gasteiger charge is 2.49. The van der Waals surface area contributed by atoms with E-state index in [0.29, 0.717) is 29.7 Å². The average Bonchev–Trinajstić information content (AvgIpc) is 2.89. The Morgan fingerprint density at radius 3 is 2.50 bits per heavy atom. The number of halogens is 2. The van der Waals surface area contributed by atoms with Gasteiger partial charge in [0.1, 0.15) is 6.29 Å². The predicted octanol–water partition coefficient (Wildman–Crippen LogP) is 3.75. The Balaban J connectivity index is 1.97. The molecule has 3 rings (SSSR count). The molecule has 1 spiro atoms. The van der Waals surface area contributed by atoms with Crippen molar-refractivity contribution in [3.8, 4) is 0 Å². The second kappa shape index (κ2) is 5.30. The van der Waals surface area contributed by atoms with E-state index in [4.69, 9.17) is 32.7 Å². The van der Waals surface area contributed by atoms with Gasteiger partial charge in [0.15, 0.2) is 5.79 Å². The van der Waals surface area contributed by atoms with E-state index < -0.39 is 11.2 Å². The van der Waals surface area contributed by atoms with Crippen LogP contribution in [0.3, 0.4) is 0 Å². The molecule has 1 heterocycles. The lowest BCUT2D eigenvalue weighted by molar-refractivity contribution is -0.190. The molecule has 0 aromatic heterocycles. The van der Waals surface area contributed by atoms with Gasteiger partial charge < -0.3 is 14.3 Å². The molecule has 2 fully saturated rings. The Morgan fingerprint density at radius 2 is 1.85 bits per heavy atom. The van der Waals surface area contributed by atoms with Crippen LogP contribution in [0.25, 0.3) is 0 Å². The Morgan fingerprint density at radius 1 is 1.10 bits per heavy atom. The SMILES string of the molecule is O=CC1(c2ccc(Cl)c(Cl)c2)CCCC2(C1)OCCO2. The molecule has 0 amide bonds. The van der Waals surface area contributed by atoms with Crippen LogP contribution >= 0.6 is 23.2 Å². The molecule has 0 N–H and O–H groups in total. The van der Waals surface area contributed by atoms with Crippen molar-refractivity contribution in [3.05, 3.63) is 33.8 Å². The van der Waals surface area contributed by atoms with Crippen LogP contribution in [0.15, 0.2) is 18.2 Å². The molecule has 1 atom stereocenters.